The summed E-state index contributed by atoms with van der Waals surface area (Å²) >= 11 is 0. The van der Waals surface area contributed by atoms with E-state index in [2.05, 4.69) is 10.6 Å². The average Bonchev–Trinajstić information content (AvgIpc) is 2.46. The minimum Gasteiger partial charge on any atom is -0.481 e. The van der Waals surface area contributed by atoms with Crippen molar-refractivity contribution < 1.29 is 19.5 Å². The molecule has 2 atom stereocenters. The number of hydrogen-bond donors (Lipinski definition) is 3. The number of nitrogens with zero attached hydrogens (tertiary/aromatic N) is 1. The van der Waals surface area contributed by atoms with Gasteiger partial charge in [-0.25, -0.2) is 4.79 Å². The molecule has 0 aromatic carbocycles. The van der Waals surface area contributed by atoms with Crippen LogP contribution in [0.15, 0.2) is 0 Å². The van der Waals surface area contributed by atoms with Crippen LogP contribution in [0.25, 0.3) is 0 Å². The summed E-state index contributed by atoms with van der Waals surface area (Å²) in [6, 6.07) is -1.20. The van der Waals surface area contributed by atoms with Gasteiger partial charge >= 0.3 is 12.0 Å². The summed E-state index contributed by atoms with van der Waals surface area (Å²) in [5.74, 6) is -1.11. The van der Waals surface area contributed by atoms with E-state index in [9.17, 15) is 14.4 Å². The number of carboxylic acids is 1. The molecule has 0 aliphatic carbocycles. The summed E-state index contributed by atoms with van der Waals surface area (Å²) in [5.41, 5.74) is 0. The van der Waals surface area contributed by atoms with E-state index < -0.39 is 18.1 Å². The maximum absolute atomic E-state index is 12.3. The zero-order chi connectivity index (χ0) is 15.8. The molecular weight excluding hydrogens is 274 g/mol. The van der Waals surface area contributed by atoms with Gasteiger partial charge in [-0.15, -0.1) is 0 Å². The molecule has 0 aromatic heterocycles. The fourth-order valence-electron chi connectivity index (χ4n) is 2.66. The summed E-state index contributed by atoms with van der Waals surface area (Å²) < 4.78 is 0. The molecule has 2 unspecified atom stereocenters. The molecule has 1 heterocycles. The number of amides is 3. The lowest BCUT2D eigenvalue weighted by Crippen LogP contribution is -2.56. The predicted molar refractivity (Wildman–Crippen MR) is 77.9 cm³/mol. The third-order valence-corrected chi connectivity index (χ3v) is 3.70. The van der Waals surface area contributed by atoms with Crippen molar-refractivity contribution in [3.05, 3.63) is 0 Å². The van der Waals surface area contributed by atoms with Crippen molar-refractivity contribution >= 4 is 17.9 Å². The van der Waals surface area contributed by atoms with Crippen molar-refractivity contribution in [2.45, 2.75) is 57.5 Å². The molecule has 1 fully saturated rings. The second kappa shape index (κ2) is 8.49. The van der Waals surface area contributed by atoms with E-state index in [4.69, 9.17) is 5.11 Å². The van der Waals surface area contributed by atoms with Crippen molar-refractivity contribution in [1.29, 1.82) is 0 Å². The molecule has 1 rings (SSSR count). The summed E-state index contributed by atoms with van der Waals surface area (Å²) in [7, 11) is 1.55. The molecule has 1 aliphatic heterocycles. The van der Waals surface area contributed by atoms with Gasteiger partial charge in [-0.3, -0.25) is 9.59 Å². The highest BCUT2D eigenvalue weighted by Gasteiger charge is 2.32. The van der Waals surface area contributed by atoms with Gasteiger partial charge in [0.2, 0.25) is 5.91 Å². The Hall–Kier alpha value is -1.79. The van der Waals surface area contributed by atoms with Gasteiger partial charge in [0.15, 0.2) is 0 Å². The Morgan fingerprint density at radius 1 is 1.33 bits per heavy atom. The number of hydrogen-bond acceptors (Lipinski definition) is 3. The molecule has 0 bridgehead atoms. The molecule has 3 N–H and O–H groups in total. The number of piperidine rings is 1. The molecule has 0 radical (unpaired) electrons. The number of carbonyl (C=O) groups is 3. The quantitative estimate of drug-likeness (QED) is 0.679. The highest BCUT2D eigenvalue weighted by Crippen LogP contribution is 2.17. The first-order chi connectivity index (χ1) is 9.99. The fourth-order valence-corrected chi connectivity index (χ4v) is 2.66. The van der Waals surface area contributed by atoms with Crippen LogP contribution in [0, 0.1) is 0 Å². The Bertz CT molecular complexity index is 386. The lowest BCUT2D eigenvalue weighted by atomic mass is 10.0. The van der Waals surface area contributed by atoms with Crippen LogP contribution in [0.3, 0.4) is 0 Å². The number of aliphatic carboxylic acids is 1. The molecule has 0 aromatic rings. The van der Waals surface area contributed by atoms with Crippen LogP contribution >= 0.6 is 0 Å². The number of urea groups is 1. The van der Waals surface area contributed by atoms with E-state index >= 15 is 0 Å². The second-order valence-electron chi connectivity index (χ2n) is 5.35. The maximum atomic E-state index is 12.3. The third-order valence-electron chi connectivity index (χ3n) is 3.70. The average molecular weight is 299 g/mol. The van der Waals surface area contributed by atoms with Crippen molar-refractivity contribution in [2.24, 2.45) is 0 Å². The fraction of sp³-hybridized carbons (Fsp3) is 0.786. The Morgan fingerprint density at radius 2 is 2.05 bits per heavy atom. The molecule has 0 saturated carbocycles. The number of likely N-dealkylation sites (N-methyl/N-ethyl adjacent to an activating group) is 1. The maximum Gasteiger partial charge on any atom is 0.318 e. The van der Waals surface area contributed by atoms with Crippen LogP contribution < -0.4 is 10.6 Å². The number of nitrogens with one attached hydrogen (secondary N) is 2. The largest absolute Gasteiger partial charge is 0.481 e. The van der Waals surface area contributed by atoms with Crippen molar-refractivity contribution in [3.8, 4) is 0 Å². The lowest BCUT2D eigenvalue weighted by Gasteiger charge is -2.35. The van der Waals surface area contributed by atoms with Crippen LogP contribution in [0.1, 0.15) is 45.4 Å². The van der Waals surface area contributed by atoms with Gasteiger partial charge in [0.05, 0.1) is 6.42 Å². The van der Waals surface area contributed by atoms with Crippen LogP contribution in [0.4, 0.5) is 4.79 Å². The first-order valence-corrected chi connectivity index (χ1v) is 7.50. The summed E-state index contributed by atoms with van der Waals surface area (Å²) in [4.78, 5) is 36.5. The third kappa shape index (κ3) is 5.24. The summed E-state index contributed by atoms with van der Waals surface area (Å²) in [6.07, 6.45) is 3.71. The van der Waals surface area contributed by atoms with E-state index in [1.807, 2.05) is 6.92 Å². The molecule has 3 amide bonds. The topological polar surface area (TPSA) is 98.7 Å². The van der Waals surface area contributed by atoms with Crippen LogP contribution in [0.5, 0.6) is 0 Å². The van der Waals surface area contributed by atoms with Gasteiger partial charge < -0.3 is 20.6 Å². The van der Waals surface area contributed by atoms with E-state index in [0.717, 1.165) is 19.3 Å². The summed E-state index contributed by atoms with van der Waals surface area (Å²) in [6.45, 7) is 2.46. The highest BCUT2D eigenvalue weighted by atomic mass is 16.4. The standard InChI is InChI=1S/C14H25N3O4/c1-3-6-10(9-12(18)19)16-14(21)17-8-5-4-7-11(17)13(20)15-2/h10-11H,3-9H2,1-2H3,(H,15,20)(H,16,21)(H,18,19). The molecule has 1 saturated heterocycles. The Kier molecular flexibility index (Phi) is 6.98. The van der Waals surface area contributed by atoms with Gasteiger partial charge in [0.25, 0.3) is 0 Å². The monoisotopic (exact) mass is 299 g/mol. The van der Waals surface area contributed by atoms with E-state index in [1.54, 1.807) is 7.05 Å². The molecule has 21 heavy (non-hydrogen) atoms. The van der Waals surface area contributed by atoms with Crippen LogP contribution in [-0.2, 0) is 9.59 Å². The van der Waals surface area contributed by atoms with Gasteiger partial charge in [-0.1, -0.05) is 13.3 Å². The van der Waals surface area contributed by atoms with Crippen molar-refractivity contribution in [1.82, 2.24) is 15.5 Å². The van der Waals surface area contributed by atoms with E-state index in [-0.39, 0.29) is 18.4 Å². The smallest absolute Gasteiger partial charge is 0.318 e. The molecule has 120 valence electrons. The van der Waals surface area contributed by atoms with Crippen LogP contribution in [0.2, 0.25) is 0 Å². The minimum atomic E-state index is -0.935. The van der Waals surface area contributed by atoms with E-state index in [1.165, 1.54) is 4.90 Å². The number of carboxylic acid groups (broad SMARTS) is 1. The molecule has 0 spiro atoms. The van der Waals surface area contributed by atoms with Crippen LogP contribution in [-0.4, -0.2) is 53.6 Å². The van der Waals surface area contributed by atoms with Gasteiger partial charge in [-0.2, -0.15) is 0 Å². The first kappa shape index (κ1) is 17.3. The minimum absolute atomic E-state index is 0.0991. The zero-order valence-electron chi connectivity index (χ0n) is 12.7. The van der Waals surface area contributed by atoms with Gasteiger partial charge in [0, 0.05) is 19.6 Å². The van der Waals surface area contributed by atoms with Crippen molar-refractivity contribution in [3.63, 3.8) is 0 Å². The Balaban J connectivity index is 2.69. The SMILES string of the molecule is CCCC(CC(=O)O)NC(=O)N1CCCCC1C(=O)NC. The number of carbonyl (C=O) groups excluding carboxylic acids is 2. The molecule has 7 nitrogen and oxygen atoms in total. The van der Waals surface area contributed by atoms with Crippen molar-refractivity contribution in [2.75, 3.05) is 13.6 Å². The first-order valence-electron chi connectivity index (χ1n) is 7.50. The molecule has 7 heteroatoms. The van der Waals surface area contributed by atoms with E-state index in [0.29, 0.717) is 19.4 Å². The lowest BCUT2D eigenvalue weighted by molar-refractivity contribution is -0.137. The predicted octanol–water partition coefficient (Wildman–Crippen LogP) is 0.940. The Morgan fingerprint density at radius 3 is 2.62 bits per heavy atom. The Labute approximate surface area is 125 Å². The second-order valence-corrected chi connectivity index (χ2v) is 5.35. The highest BCUT2D eigenvalue weighted by molar-refractivity contribution is 5.87. The zero-order valence-corrected chi connectivity index (χ0v) is 12.7. The number of rotatable bonds is 6. The normalized spacial score (nSPS) is 19.7. The van der Waals surface area contributed by atoms with Gasteiger partial charge in [-0.05, 0) is 25.7 Å². The molecule has 1 aliphatic rings. The molecular formula is C14H25N3O4. The summed E-state index contributed by atoms with van der Waals surface area (Å²) in [5, 5.41) is 14.2. The van der Waals surface area contributed by atoms with Gasteiger partial charge in [0.1, 0.15) is 6.04 Å². The number of likely N-dealkylation sites (tertiary alicyclic amines) is 1.